The van der Waals surface area contributed by atoms with Crippen LogP contribution >= 0.6 is 11.8 Å². The van der Waals surface area contributed by atoms with E-state index in [1.165, 1.54) is 68.9 Å². The Labute approximate surface area is 188 Å². The first kappa shape index (κ1) is 24.4. The van der Waals surface area contributed by atoms with Gasteiger partial charge in [-0.2, -0.15) is 5.26 Å². The summed E-state index contributed by atoms with van der Waals surface area (Å²) < 4.78 is 5.91. The van der Waals surface area contributed by atoms with Gasteiger partial charge in [0.05, 0.1) is 17.9 Å². The van der Waals surface area contributed by atoms with Crippen LogP contribution in [0.2, 0.25) is 0 Å². The number of nitrogens with zero attached hydrogens (tertiary/aromatic N) is 1. The van der Waals surface area contributed by atoms with Gasteiger partial charge in [-0.05, 0) is 48.7 Å². The molecule has 0 radical (unpaired) electrons. The van der Waals surface area contributed by atoms with Gasteiger partial charge in [-0.25, -0.2) is 0 Å². The molecule has 2 aromatic carbocycles. The molecule has 0 aromatic heterocycles. The average Bonchev–Trinajstić information content (AvgIpc) is 2.78. The van der Waals surface area contributed by atoms with Gasteiger partial charge >= 0.3 is 0 Å². The number of nitriles is 1. The molecule has 0 saturated heterocycles. The molecular weight excluding hydrogens is 386 g/mol. The third kappa shape index (κ3) is 9.72. The highest BCUT2D eigenvalue weighted by Crippen LogP contribution is 2.27. The van der Waals surface area contributed by atoms with Crippen molar-refractivity contribution in [2.75, 3.05) is 6.61 Å². The molecule has 2 aromatic rings. The van der Waals surface area contributed by atoms with Gasteiger partial charge in [-0.15, -0.1) is 11.8 Å². The van der Waals surface area contributed by atoms with Crippen LogP contribution in [0.15, 0.2) is 53.4 Å². The number of hydrogen-bond donors (Lipinski definition) is 0. The molecule has 3 heteroatoms. The predicted octanol–water partition coefficient (Wildman–Crippen LogP) is 8.66. The third-order valence-electron chi connectivity index (χ3n) is 5.30. The fourth-order valence-corrected chi connectivity index (χ4v) is 4.23. The van der Waals surface area contributed by atoms with Gasteiger partial charge < -0.3 is 4.74 Å². The average molecular weight is 424 g/mol. The number of benzene rings is 2. The lowest BCUT2D eigenvalue weighted by Gasteiger charge is -2.08. The summed E-state index contributed by atoms with van der Waals surface area (Å²) in [5, 5.41) is 8.91. The zero-order valence-corrected chi connectivity index (χ0v) is 19.6. The van der Waals surface area contributed by atoms with Gasteiger partial charge in [0.25, 0.3) is 0 Å². The van der Waals surface area contributed by atoms with Crippen molar-refractivity contribution < 1.29 is 4.74 Å². The Kier molecular flexibility index (Phi) is 12.1. The van der Waals surface area contributed by atoms with Gasteiger partial charge in [0.15, 0.2) is 0 Å². The lowest BCUT2D eigenvalue weighted by Crippen LogP contribution is -1.97. The van der Waals surface area contributed by atoms with Crippen molar-refractivity contribution in [1.29, 1.82) is 5.26 Å². The first-order valence-electron chi connectivity index (χ1n) is 11.6. The van der Waals surface area contributed by atoms with E-state index in [4.69, 9.17) is 10.00 Å². The van der Waals surface area contributed by atoms with Crippen molar-refractivity contribution in [3.63, 3.8) is 0 Å². The summed E-state index contributed by atoms with van der Waals surface area (Å²) in [6.07, 6.45) is 13.5. The van der Waals surface area contributed by atoms with Gasteiger partial charge in [0.1, 0.15) is 5.75 Å². The topological polar surface area (TPSA) is 33.0 Å². The lowest BCUT2D eigenvalue weighted by atomic mass is 10.1. The van der Waals surface area contributed by atoms with E-state index < -0.39 is 0 Å². The van der Waals surface area contributed by atoms with E-state index in [-0.39, 0.29) is 5.25 Å². The first-order chi connectivity index (χ1) is 14.7. The van der Waals surface area contributed by atoms with Crippen LogP contribution in [-0.2, 0) is 0 Å². The molecule has 2 rings (SSSR count). The van der Waals surface area contributed by atoms with E-state index in [2.05, 4.69) is 61.5 Å². The molecule has 0 N–H and O–H groups in total. The van der Waals surface area contributed by atoms with E-state index in [1.54, 1.807) is 11.8 Å². The second-order valence-electron chi connectivity index (χ2n) is 7.97. The first-order valence-corrected chi connectivity index (χ1v) is 12.5. The molecule has 0 unspecified atom stereocenters. The molecule has 2 nitrogen and oxygen atoms in total. The van der Waals surface area contributed by atoms with E-state index >= 15 is 0 Å². The van der Waals surface area contributed by atoms with E-state index in [0.717, 1.165) is 23.7 Å². The molecule has 0 saturated carbocycles. The minimum atomic E-state index is -0.0252. The molecule has 0 fully saturated rings. The minimum absolute atomic E-state index is 0.0252. The highest BCUT2D eigenvalue weighted by Gasteiger charge is 2.04. The summed E-state index contributed by atoms with van der Waals surface area (Å²) in [6, 6.07) is 19.0. The molecule has 0 aliphatic carbocycles. The summed E-state index contributed by atoms with van der Waals surface area (Å²) in [7, 11) is 0. The summed E-state index contributed by atoms with van der Waals surface area (Å²) >= 11 is 1.59. The van der Waals surface area contributed by atoms with Crippen molar-refractivity contribution in [2.45, 2.75) is 88.2 Å². The summed E-state index contributed by atoms with van der Waals surface area (Å²) in [5.74, 6) is 0.949. The summed E-state index contributed by atoms with van der Waals surface area (Å²) in [6.45, 7) is 5.00. The maximum Gasteiger partial charge on any atom is 0.119 e. The van der Waals surface area contributed by atoms with Crippen LogP contribution in [-0.4, -0.2) is 11.9 Å². The molecular formula is C27H37NOS. The smallest absolute Gasteiger partial charge is 0.119 e. The highest BCUT2D eigenvalue weighted by atomic mass is 32.2. The molecule has 0 aliphatic heterocycles. The van der Waals surface area contributed by atoms with E-state index in [1.807, 2.05) is 6.92 Å². The molecule has 162 valence electrons. The van der Waals surface area contributed by atoms with Crippen LogP contribution in [0.3, 0.4) is 0 Å². The Morgan fingerprint density at radius 1 is 0.767 bits per heavy atom. The summed E-state index contributed by atoms with van der Waals surface area (Å²) in [4.78, 5) is 1.13. The van der Waals surface area contributed by atoms with E-state index in [9.17, 15) is 0 Å². The maximum atomic E-state index is 8.93. The number of thioether (sulfide) groups is 1. The quantitative estimate of drug-likeness (QED) is 0.212. The number of rotatable bonds is 15. The van der Waals surface area contributed by atoms with Crippen LogP contribution in [0.5, 0.6) is 5.75 Å². The zero-order valence-electron chi connectivity index (χ0n) is 18.7. The Bertz CT molecular complexity index is 733. The van der Waals surface area contributed by atoms with Crippen LogP contribution < -0.4 is 4.74 Å². The fourth-order valence-electron chi connectivity index (χ4n) is 3.48. The molecule has 1 atom stereocenters. The minimum Gasteiger partial charge on any atom is -0.494 e. The molecule has 0 bridgehead atoms. The van der Waals surface area contributed by atoms with Crippen LogP contribution in [0.25, 0.3) is 11.1 Å². The molecule has 0 spiro atoms. The standard InChI is InChI=1S/C27H37NOS/c1-3-4-5-6-7-8-9-10-11-12-21-29-26-17-13-24(14-18-26)25-15-19-27(20-16-25)30-23(2)22-28/h13-20,23H,3-12,21H2,1-2H3/t23-/m1/s1. The number of unbranched alkanes of at least 4 members (excludes halogenated alkanes) is 9. The monoisotopic (exact) mass is 423 g/mol. The SMILES string of the molecule is CCCCCCCCCCCCOc1ccc(-c2ccc(S[C@H](C)C#N)cc2)cc1. The summed E-state index contributed by atoms with van der Waals surface area (Å²) in [5.41, 5.74) is 2.37. The Morgan fingerprint density at radius 2 is 1.27 bits per heavy atom. The van der Waals surface area contributed by atoms with E-state index in [0.29, 0.717) is 0 Å². The highest BCUT2D eigenvalue weighted by molar-refractivity contribution is 8.00. The fraction of sp³-hybridized carbons (Fsp3) is 0.519. The van der Waals surface area contributed by atoms with Gasteiger partial charge in [-0.1, -0.05) is 89.0 Å². The Balaban J connectivity index is 1.61. The zero-order chi connectivity index (χ0) is 21.4. The van der Waals surface area contributed by atoms with Crippen LogP contribution in [0, 0.1) is 11.3 Å². The number of ether oxygens (including phenoxy) is 1. The second-order valence-corrected chi connectivity index (χ2v) is 9.38. The molecule has 0 aliphatic rings. The normalized spacial score (nSPS) is 11.8. The van der Waals surface area contributed by atoms with Crippen molar-refractivity contribution in [3.8, 4) is 22.9 Å². The van der Waals surface area contributed by atoms with Gasteiger partial charge in [0.2, 0.25) is 0 Å². The Hall–Kier alpha value is -1.92. The second kappa shape index (κ2) is 15.0. The lowest BCUT2D eigenvalue weighted by molar-refractivity contribution is 0.304. The third-order valence-corrected chi connectivity index (χ3v) is 6.31. The molecule has 30 heavy (non-hydrogen) atoms. The predicted molar refractivity (Wildman–Crippen MR) is 130 cm³/mol. The van der Waals surface area contributed by atoms with Gasteiger partial charge in [0, 0.05) is 4.90 Å². The van der Waals surface area contributed by atoms with Crippen molar-refractivity contribution in [2.24, 2.45) is 0 Å². The van der Waals surface area contributed by atoms with Gasteiger partial charge in [-0.3, -0.25) is 0 Å². The largest absolute Gasteiger partial charge is 0.494 e. The number of hydrogen-bond acceptors (Lipinski definition) is 3. The van der Waals surface area contributed by atoms with Crippen LogP contribution in [0.1, 0.15) is 78.1 Å². The van der Waals surface area contributed by atoms with Crippen molar-refractivity contribution >= 4 is 11.8 Å². The molecule has 0 amide bonds. The van der Waals surface area contributed by atoms with Crippen molar-refractivity contribution in [3.05, 3.63) is 48.5 Å². The maximum absolute atomic E-state index is 8.93. The molecule has 0 heterocycles. The Morgan fingerprint density at radius 3 is 1.80 bits per heavy atom. The van der Waals surface area contributed by atoms with Crippen molar-refractivity contribution in [1.82, 2.24) is 0 Å². The van der Waals surface area contributed by atoms with Crippen LogP contribution in [0.4, 0.5) is 0 Å².